The van der Waals surface area contributed by atoms with Crippen molar-refractivity contribution in [3.05, 3.63) is 72.1 Å². The number of rotatable bonds is 8. The van der Waals surface area contributed by atoms with Gasteiger partial charge in [0.05, 0.1) is 6.42 Å². The van der Waals surface area contributed by atoms with Crippen LogP contribution in [-0.4, -0.2) is 70.0 Å². The molecule has 0 unspecified atom stereocenters. The van der Waals surface area contributed by atoms with Crippen molar-refractivity contribution in [2.75, 3.05) is 37.8 Å². The molecule has 10 nitrogen and oxygen atoms in total. The molecule has 210 valence electrons. The van der Waals surface area contributed by atoms with E-state index >= 15 is 0 Å². The molecule has 13 heteroatoms. The van der Waals surface area contributed by atoms with Gasteiger partial charge in [-0.3, -0.25) is 10.1 Å². The van der Waals surface area contributed by atoms with Crippen LogP contribution in [0.1, 0.15) is 18.4 Å². The maximum Gasteiger partial charge on any atom is 0.322 e. The summed E-state index contributed by atoms with van der Waals surface area (Å²) in [6.45, 7) is 1.60. The van der Waals surface area contributed by atoms with E-state index in [0.29, 0.717) is 18.2 Å². The van der Waals surface area contributed by atoms with E-state index in [9.17, 15) is 18.4 Å². The van der Waals surface area contributed by atoms with E-state index in [-0.39, 0.29) is 40.7 Å². The molecule has 4 rings (SSSR count). The number of aromatic nitrogens is 2. The molecule has 0 saturated carbocycles. The van der Waals surface area contributed by atoms with E-state index in [1.165, 1.54) is 48.8 Å². The van der Waals surface area contributed by atoms with Gasteiger partial charge in [-0.05, 0) is 68.5 Å². The Balaban J connectivity index is 1.29. The van der Waals surface area contributed by atoms with E-state index in [1.54, 1.807) is 11.9 Å². The number of carbonyl (C=O) groups excluding carboxylic acids is 2. The Morgan fingerprint density at radius 1 is 1.12 bits per heavy atom. The SMILES string of the molecule is CN(C[C@H]1CCCN1C)C(=O)Nc1cc(Oc2ccc(NC(=S)NC(=O)Cc3ccc(F)cc3)cc2F)ncn1. The third-order valence-corrected chi connectivity index (χ3v) is 6.52. The van der Waals surface area contributed by atoms with Crippen molar-refractivity contribution in [2.45, 2.75) is 25.3 Å². The Hall–Kier alpha value is -4.23. The summed E-state index contributed by atoms with van der Waals surface area (Å²) < 4.78 is 33.3. The molecule has 3 amide bonds. The van der Waals surface area contributed by atoms with Crippen molar-refractivity contribution in [3.8, 4) is 11.6 Å². The quantitative estimate of drug-likeness (QED) is 0.347. The number of thiocarbonyl (C=S) groups is 1. The van der Waals surface area contributed by atoms with Crippen LogP contribution in [0.2, 0.25) is 0 Å². The van der Waals surface area contributed by atoms with E-state index in [0.717, 1.165) is 25.5 Å². The van der Waals surface area contributed by atoms with Gasteiger partial charge in [-0.15, -0.1) is 0 Å². The molecule has 0 radical (unpaired) electrons. The van der Waals surface area contributed by atoms with Gasteiger partial charge in [0.1, 0.15) is 18.0 Å². The standard InChI is InChI=1S/C27H29F2N7O3S/c1-35-11-3-4-20(35)15-36(2)27(38)33-23-14-25(31-16-30-23)39-22-10-9-19(13-21(22)29)32-26(40)34-24(37)12-17-5-7-18(28)8-6-17/h5-10,13-14,16,20H,3-4,11-12,15H2,1-2H3,(H,30,31,33,38)(H2,32,34,37,40)/t20-/m1/s1. The van der Waals surface area contributed by atoms with Gasteiger partial charge < -0.3 is 25.2 Å². The summed E-state index contributed by atoms with van der Waals surface area (Å²) in [5.41, 5.74) is 0.897. The van der Waals surface area contributed by atoms with E-state index in [4.69, 9.17) is 17.0 Å². The fourth-order valence-electron chi connectivity index (χ4n) is 4.17. The van der Waals surface area contributed by atoms with Crippen LogP contribution < -0.4 is 20.7 Å². The van der Waals surface area contributed by atoms with Crippen LogP contribution in [0.15, 0.2) is 54.9 Å². The summed E-state index contributed by atoms with van der Waals surface area (Å²) in [6, 6.07) is 10.9. The lowest BCUT2D eigenvalue weighted by molar-refractivity contribution is -0.119. The second-order valence-corrected chi connectivity index (χ2v) is 9.79. The predicted octanol–water partition coefficient (Wildman–Crippen LogP) is 4.16. The monoisotopic (exact) mass is 569 g/mol. The van der Waals surface area contributed by atoms with Crippen LogP contribution in [0.4, 0.5) is 25.1 Å². The summed E-state index contributed by atoms with van der Waals surface area (Å²) >= 11 is 5.13. The highest BCUT2D eigenvalue weighted by Gasteiger charge is 2.24. The minimum atomic E-state index is -0.713. The average molecular weight is 570 g/mol. The first-order valence-corrected chi connectivity index (χ1v) is 12.9. The molecule has 1 aromatic heterocycles. The number of likely N-dealkylation sites (tertiary alicyclic amines) is 1. The van der Waals surface area contributed by atoms with Crippen LogP contribution in [0, 0.1) is 11.6 Å². The summed E-state index contributed by atoms with van der Waals surface area (Å²) in [5, 5.41) is 7.90. The van der Waals surface area contributed by atoms with Crippen LogP contribution in [-0.2, 0) is 11.2 Å². The minimum absolute atomic E-state index is 0.00123. The number of nitrogens with zero attached hydrogens (tertiary/aromatic N) is 4. The van der Waals surface area contributed by atoms with Crippen LogP contribution in [0.25, 0.3) is 0 Å². The highest BCUT2D eigenvalue weighted by molar-refractivity contribution is 7.80. The summed E-state index contributed by atoms with van der Waals surface area (Å²) in [7, 11) is 3.76. The molecule has 40 heavy (non-hydrogen) atoms. The van der Waals surface area contributed by atoms with Crippen molar-refractivity contribution in [3.63, 3.8) is 0 Å². The zero-order valence-corrected chi connectivity index (χ0v) is 22.8. The molecule has 0 bridgehead atoms. The summed E-state index contributed by atoms with van der Waals surface area (Å²) in [4.78, 5) is 36.6. The second-order valence-electron chi connectivity index (χ2n) is 9.38. The molecule has 2 aromatic carbocycles. The Morgan fingerprint density at radius 2 is 1.90 bits per heavy atom. The number of anilines is 2. The molecule has 0 spiro atoms. The summed E-state index contributed by atoms with van der Waals surface area (Å²) in [6.07, 6.45) is 3.35. The van der Waals surface area contributed by atoms with Gasteiger partial charge in [0.2, 0.25) is 11.8 Å². The molecule has 1 fully saturated rings. The highest BCUT2D eigenvalue weighted by Crippen LogP contribution is 2.26. The van der Waals surface area contributed by atoms with Crippen molar-refractivity contribution in [2.24, 2.45) is 0 Å². The van der Waals surface area contributed by atoms with E-state index < -0.39 is 17.5 Å². The highest BCUT2D eigenvalue weighted by atomic mass is 32.1. The molecule has 3 N–H and O–H groups in total. The third kappa shape index (κ3) is 8.13. The summed E-state index contributed by atoms with van der Waals surface area (Å²) in [5.74, 6) is -1.39. The largest absolute Gasteiger partial charge is 0.436 e. The smallest absolute Gasteiger partial charge is 0.322 e. The number of likely N-dealkylation sites (N-methyl/N-ethyl adjacent to an activating group) is 2. The third-order valence-electron chi connectivity index (χ3n) is 6.31. The molecule has 1 atom stereocenters. The van der Waals surface area contributed by atoms with Crippen LogP contribution in [0.3, 0.4) is 0 Å². The number of ether oxygens (including phenoxy) is 1. The first kappa shape index (κ1) is 28.8. The molecule has 2 heterocycles. The number of carbonyl (C=O) groups is 2. The number of halogens is 2. The second kappa shape index (κ2) is 13.2. The van der Waals surface area contributed by atoms with Crippen molar-refractivity contribution in [1.82, 2.24) is 25.1 Å². The molecule has 0 aliphatic carbocycles. The maximum absolute atomic E-state index is 14.8. The van der Waals surface area contributed by atoms with Gasteiger partial charge in [-0.2, -0.15) is 0 Å². The number of hydrogen-bond donors (Lipinski definition) is 3. The van der Waals surface area contributed by atoms with E-state index in [2.05, 4.69) is 30.8 Å². The van der Waals surface area contributed by atoms with Gasteiger partial charge in [0, 0.05) is 37.5 Å². The lowest BCUT2D eigenvalue weighted by Crippen LogP contribution is -2.41. The Morgan fingerprint density at radius 3 is 2.60 bits per heavy atom. The zero-order valence-electron chi connectivity index (χ0n) is 22.0. The van der Waals surface area contributed by atoms with Gasteiger partial charge in [-0.1, -0.05) is 12.1 Å². The molecule has 1 aliphatic rings. The minimum Gasteiger partial charge on any atom is -0.436 e. The predicted molar refractivity (Wildman–Crippen MR) is 150 cm³/mol. The van der Waals surface area contributed by atoms with Crippen molar-refractivity contribution < 1.29 is 23.1 Å². The first-order valence-electron chi connectivity index (χ1n) is 12.5. The first-order chi connectivity index (χ1) is 19.2. The van der Waals surface area contributed by atoms with Gasteiger partial charge >= 0.3 is 6.03 Å². The normalized spacial score (nSPS) is 14.8. The molecular weight excluding hydrogens is 540 g/mol. The molecular formula is C27H29F2N7O3S. The Kier molecular flexibility index (Phi) is 9.51. The molecule has 1 saturated heterocycles. The number of hydrogen-bond acceptors (Lipinski definition) is 7. The Labute approximate surface area is 235 Å². The number of benzene rings is 2. The maximum atomic E-state index is 14.8. The fraction of sp³-hybridized carbons (Fsp3) is 0.296. The van der Waals surface area contributed by atoms with Gasteiger partial charge in [-0.25, -0.2) is 23.5 Å². The van der Waals surface area contributed by atoms with E-state index in [1.807, 2.05) is 7.05 Å². The average Bonchev–Trinajstić information content (AvgIpc) is 3.31. The van der Waals surface area contributed by atoms with Crippen molar-refractivity contribution in [1.29, 1.82) is 0 Å². The number of amides is 3. The van der Waals surface area contributed by atoms with Gasteiger partial charge in [0.25, 0.3) is 0 Å². The van der Waals surface area contributed by atoms with Gasteiger partial charge in [0.15, 0.2) is 16.7 Å². The lowest BCUT2D eigenvalue weighted by atomic mass is 10.1. The topological polar surface area (TPSA) is 112 Å². The number of nitrogens with one attached hydrogen (secondary N) is 3. The fourth-order valence-corrected chi connectivity index (χ4v) is 4.40. The van der Waals surface area contributed by atoms with Crippen molar-refractivity contribution >= 4 is 40.8 Å². The Bertz CT molecular complexity index is 1380. The molecule has 1 aliphatic heterocycles. The zero-order chi connectivity index (χ0) is 28.6. The molecule has 3 aromatic rings. The lowest BCUT2D eigenvalue weighted by Gasteiger charge is -2.25. The number of urea groups is 1. The van der Waals surface area contributed by atoms with Crippen LogP contribution >= 0.6 is 12.2 Å². The van der Waals surface area contributed by atoms with Crippen LogP contribution in [0.5, 0.6) is 11.6 Å².